The van der Waals surface area contributed by atoms with Crippen LogP contribution in [0.3, 0.4) is 0 Å². The Morgan fingerprint density at radius 1 is 1.46 bits per heavy atom. The number of benzene rings is 1. The summed E-state index contributed by atoms with van der Waals surface area (Å²) in [5.41, 5.74) is 0.00543. The molecule has 13 heavy (non-hydrogen) atoms. The minimum absolute atomic E-state index is 0.00543. The summed E-state index contributed by atoms with van der Waals surface area (Å²) in [5, 5.41) is 18.9. The van der Waals surface area contributed by atoms with E-state index in [0.717, 1.165) is 11.9 Å². The lowest BCUT2D eigenvalue weighted by molar-refractivity contribution is -0.384. The van der Waals surface area contributed by atoms with Crippen LogP contribution < -0.4 is 5.84 Å². The van der Waals surface area contributed by atoms with Gasteiger partial charge in [-0.3, -0.25) is 15.3 Å². The number of nitro benzene ring substituents is 1. The fraction of sp³-hybridized carbons (Fsp3) is 0. The molecule has 0 aliphatic carbocycles. The number of hydrogen-bond acceptors (Lipinski definition) is 6. The van der Waals surface area contributed by atoms with Crippen molar-refractivity contribution in [2.24, 2.45) is 5.84 Å². The Hall–Kier alpha value is -1.15. The van der Waals surface area contributed by atoms with Crippen LogP contribution in [-0.2, 0) is 0 Å². The van der Waals surface area contributed by atoms with Gasteiger partial charge in [-0.25, -0.2) is 5.84 Å². The van der Waals surface area contributed by atoms with Gasteiger partial charge in [-0.2, -0.15) is 0 Å². The van der Waals surface area contributed by atoms with Crippen LogP contribution in [0.2, 0.25) is 0 Å². The van der Waals surface area contributed by atoms with Gasteiger partial charge in [-0.05, 0) is 12.1 Å². The van der Waals surface area contributed by atoms with Gasteiger partial charge in [0.25, 0.3) is 5.69 Å². The summed E-state index contributed by atoms with van der Waals surface area (Å²) >= 11 is 0.863. The van der Waals surface area contributed by atoms with Crippen molar-refractivity contribution in [1.29, 1.82) is 0 Å². The third-order valence-corrected chi connectivity index (χ3v) is 1.92. The molecule has 0 aliphatic heterocycles. The van der Waals surface area contributed by atoms with Crippen LogP contribution in [0.25, 0.3) is 0 Å². The second kappa shape index (κ2) is 4.19. The Bertz CT molecular complexity index is 300. The number of non-ortho nitro benzene ring substituents is 1. The third kappa shape index (κ3) is 2.99. The monoisotopic (exact) mass is 201 g/mol. The summed E-state index contributed by atoms with van der Waals surface area (Å²) in [7, 11) is 0. The van der Waals surface area contributed by atoms with Crippen LogP contribution in [0.4, 0.5) is 5.69 Å². The quantitative estimate of drug-likeness (QED) is 0.330. The van der Waals surface area contributed by atoms with Crippen LogP contribution in [0, 0.1) is 10.1 Å². The lowest BCUT2D eigenvalue weighted by Gasteiger charge is -2.04. The maximum Gasteiger partial charge on any atom is 0.269 e. The van der Waals surface area contributed by atoms with Crippen LogP contribution in [0.1, 0.15) is 0 Å². The summed E-state index contributed by atoms with van der Waals surface area (Å²) < 4.78 is 0.432. The SMILES string of the molecule is NN(O)Sc1ccc([N+](=O)[O-])cc1. The molecule has 1 rings (SSSR count). The van der Waals surface area contributed by atoms with E-state index in [1.807, 2.05) is 0 Å². The van der Waals surface area contributed by atoms with Crippen molar-refractivity contribution in [2.45, 2.75) is 4.90 Å². The molecule has 7 heteroatoms. The van der Waals surface area contributed by atoms with E-state index in [-0.39, 0.29) is 5.69 Å². The maximum absolute atomic E-state index is 10.2. The molecule has 0 fully saturated rings. The smallest absolute Gasteiger partial charge is 0.269 e. The minimum atomic E-state index is -0.492. The van der Waals surface area contributed by atoms with Gasteiger partial charge in [0.2, 0.25) is 0 Å². The first-order valence-electron chi connectivity index (χ1n) is 3.26. The number of nitrogens with zero attached hydrogens (tertiary/aromatic N) is 2. The molecule has 0 saturated carbocycles. The predicted molar refractivity (Wildman–Crippen MR) is 46.8 cm³/mol. The zero-order chi connectivity index (χ0) is 9.84. The van der Waals surface area contributed by atoms with E-state index < -0.39 is 4.92 Å². The van der Waals surface area contributed by atoms with E-state index in [2.05, 4.69) is 0 Å². The Morgan fingerprint density at radius 2 is 2.00 bits per heavy atom. The van der Waals surface area contributed by atoms with Crippen molar-refractivity contribution < 1.29 is 10.1 Å². The van der Waals surface area contributed by atoms with Crippen LogP contribution in [-0.4, -0.2) is 14.7 Å². The lowest BCUT2D eigenvalue weighted by Crippen LogP contribution is -2.17. The van der Waals surface area contributed by atoms with Crippen molar-refractivity contribution in [2.75, 3.05) is 0 Å². The molecule has 0 radical (unpaired) electrons. The van der Waals surface area contributed by atoms with Crippen LogP contribution >= 0.6 is 11.9 Å². The summed E-state index contributed by atoms with van der Waals surface area (Å²) in [5.74, 6) is 4.94. The minimum Gasteiger partial charge on any atom is -0.289 e. The molecule has 0 spiro atoms. The highest BCUT2D eigenvalue weighted by atomic mass is 32.2. The molecular formula is C6H7N3O3S. The second-order valence-corrected chi connectivity index (χ2v) is 3.17. The number of nitro groups is 1. The van der Waals surface area contributed by atoms with E-state index in [0.29, 0.717) is 9.47 Å². The maximum atomic E-state index is 10.2. The first-order chi connectivity index (χ1) is 6.09. The van der Waals surface area contributed by atoms with Gasteiger partial charge >= 0.3 is 0 Å². The molecule has 0 saturated heterocycles. The van der Waals surface area contributed by atoms with Gasteiger partial charge in [-0.15, -0.1) is 0 Å². The highest BCUT2D eigenvalue weighted by Crippen LogP contribution is 2.21. The average molecular weight is 201 g/mol. The van der Waals surface area contributed by atoms with E-state index in [1.54, 1.807) is 0 Å². The summed E-state index contributed by atoms with van der Waals surface area (Å²) in [6, 6.07) is 5.68. The molecule has 0 unspecified atom stereocenters. The molecule has 70 valence electrons. The van der Waals surface area contributed by atoms with Gasteiger partial charge in [-0.1, -0.05) is 4.58 Å². The van der Waals surface area contributed by atoms with Crippen LogP contribution in [0.5, 0.6) is 0 Å². The first-order valence-corrected chi connectivity index (χ1v) is 4.03. The predicted octanol–water partition coefficient (Wildman–Crippen LogP) is 1.17. The molecule has 0 aliphatic rings. The van der Waals surface area contributed by atoms with Crippen molar-refractivity contribution >= 4 is 17.6 Å². The van der Waals surface area contributed by atoms with Crippen molar-refractivity contribution in [3.8, 4) is 0 Å². The Morgan fingerprint density at radius 3 is 2.38 bits per heavy atom. The summed E-state index contributed by atoms with van der Waals surface area (Å²) in [4.78, 5) is 10.4. The van der Waals surface area contributed by atoms with Crippen molar-refractivity contribution in [3.05, 3.63) is 34.4 Å². The van der Waals surface area contributed by atoms with Gasteiger partial charge in [0.1, 0.15) is 0 Å². The number of rotatable bonds is 3. The number of nitrogens with two attached hydrogens (primary N) is 1. The molecule has 0 aromatic heterocycles. The highest BCUT2D eigenvalue weighted by molar-refractivity contribution is 7.96. The van der Waals surface area contributed by atoms with Gasteiger partial charge in [0.05, 0.1) is 4.92 Å². The van der Waals surface area contributed by atoms with E-state index >= 15 is 0 Å². The fourth-order valence-corrected chi connectivity index (χ4v) is 1.21. The lowest BCUT2D eigenvalue weighted by atomic mass is 10.3. The van der Waals surface area contributed by atoms with Crippen LogP contribution in [0.15, 0.2) is 29.2 Å². The van der Waals surface area contributed by atoms with Crippen molar-refractivity contribution in [3.63, 3.8) is 0 Å². The Labute approximate surface area is 78.2 Å². The van der Waals surface area contributed by atoms with E-state index in [1.165, 1.54) is 24.3 Å². The summed E-state index contributed by atoms with van der Waals surface area (Å²) in [6.45, 7) is 0. The molecular weight excluding hydrogens is 194 g/mol. The van der Waals surface area contributed by atoms with Gasteiger partial charge < -0.3 is 0 Å². The molecule has 0 atom stereocenters. The average Bonchev–Trinajstić information content (AvgIpc) is 2.04. The molecule has 1 aromatic rings. The third-order valence-electron chi connectivity index (χ3n) is 1.25. The molecule has 3 N–H and O–H groups in total. The number of hydrogen-bond donors (Lipinski definition) is 2. The topological polar surface area (TPSA) is 92.6 Å². The molecule has 0 amide bonds. The van der Waals surface area contributed by atoms with Crippen molar-refractivity contribution in [1.82, 2.24) is 4.58 Å². The normalized spacial score (nSPS) is 10.4. The summed E-state index contributed by atoms with van der Waals surface area (Å²) in [6.07, 6.45) is 0. The molecule has 1 aromatic carbocycles. The standard InChI is InChI=1S/C6H7N3O3S/c7-9(12)13-6-3-1-5(2-4-6)8(10)11/h1-4,12H,7H2. The zero-order valence-electron chi connectivity index (χ0n) is 6.45. The molecule has 6 nitrogen and oxygen atoms in total. The number of hydrazine groups is 1. The zero-order valence-corrected chi connectivity index (χ0v) is 7.27. The molecule has 0 heterocycles. The Kier molecular flexibility index (Phi) is 3.20. The van der Waals surface area contributed by atoms with E-state index in [4.69, 9.17) is 11.0 Å². The van der Waals surface area contributed by atoms with Gasteiger partial charge in [0, 0.05) is 29.0 Å². The largest absolute Gasteiger partial charge is 0.289 e. The molecule has 0 bridgehead atoms. The highest BCUT2D eigenvalue weighted by Gasteiger charge is 2.04. The fourth-order valence-electron chi connectivity index (χ4n) is 0.737. The Balaban J connectivity index is 2.75. The first kappa shape index (κ1) is 9.93. The second-order valence-electron chi connectivity index (χ2n) is 2.14. The van der Waals surface area contributed by atoms with Gasteiger partial charge in [0.15, 0.2) is 0 Å². The van der Waals surface area contributed by atoms with E-state index in [9.17, 15) is 10.1 Å².